The zero-order valence-electron chi connectivity index (χ0n) is 24.6. The van der Waals surface area contributed by atoms with Gasteiger partial charge < -0.3 is 10.5 Å². The number of hydrogen-bond donors (Lipinski definition) is 1. The molecular formula is C34H44FNO4. The summed E-state index contributed by atoms with van der Waals surface area (Å²) in [6.45, 7) is 9.45. The summed E-state index contributed by atoms with van der Waals surface area (Å²) in [7, 11) is 0. The van der Waals surface area contributed by atoms with Crippen molar-refractivity contribution in [1.82, 2.24) is 0 Å². The Balaban J connectivity index is 1.76. The molecule has 5 nitrogen and oxygen atoms in total. The van der Waals surface area contributed by atoms with Crippen LogP contribution < -0.4 is 5.73 Å². The highest BCUT2D eigenvalue weighted by Gasteiger charge is 2.48. The second-order valence-corrected chi connectivity index (χ2v) is 12.9. The summed E-state index contributed by atoms with van der Waals surface area (Å²) >= 11 is 0. The number of hydrogen-bond acceptors (Lipinski definition) is 4. The van der Waals surface area contributed by atoms with Gasteiger partial charge in [-0.05, 0) is 112 Å². The molecule has 1 saturated carbocycles. The van der Waals surface area contributed by atoms with Crippen molar-refractivity contribution in [2.24, 2.45) is 17.6 Å². The van der Waals surface area contributed by atoms with Crippen LogP contribution in [0.15, 0.2) is 42.5 Å². The summed E-state index contributed by atoms with van der Waals surface area (Å²) in [4.78, 5) is 39.7. The lowest BCUT2D eigenvalue weighted by Gasteiger charge is -2.42. The molecule has 1 amide bonds. The quantitative estimate of drug-likeness (QED) is 0.301. The van der Waals surface area contributed by atoms with Crippen molar-refractivity contribution >= 4 is 17.7 Å². The van der Waals surface area contributed by atoms with Gasteiger partial charge in [-0.15, -0.1) is 0 Å². The van der Waals surface area contributed by atoms with Gasteiger partial charge in [0.05, 0.1) is 11.3 Å². The second-order valence-electron chi connectivity index (χ2n) is 12.9. The molecule has 0 aromatic heterocycles. The first-order valence-corrected chi connectivity index (χ1v) is 14.8. The molecule has 4 rings (SSSR count). The SMILES string of the molecule is CCCC(C(=O)OC(C)(C)C)c1cc(F)cc2c1CCC(=O)[C@@]2(C)C1CC[C@H](C(N)=O)[C@H](c2ccccc2)CC1. The Labute approximate surface area is 238 Å². The molecule has 40 heavy (non-hydrogen) atoms. The van der Waals surface area contributed by atoms with Crippen LogP contribution in [0.5, 0.6) is 0 Å². The average molecular weight is 550 g/mol. The predicted molar refractivity (Wildman–Crippen MR) is 154 cm³/mol. The van der Waals surface area contributed by atoms with Gasteiger partial charge in [-0.3, -0.25) is 14.4 Å². The number of halogens is 1. The number of Topliss-reactive ketones (excluding diaryl/α,β-unsaturated/α-hetero) is 1. The van der Waals surface area contributed by atoms with Gasteiger partial charge in [-0.25, -0.2) is 4.39 Å². The third kappa shape index (κ3) is 6.01. The van der Waals surface area contributed by atoms with Crippen molar-refractivity contribution in [2.75, 3.05) is 0 Å². The first-order valence-electron chi connectivity index (χ1n) is 14.8. The molecule has 2 aliphatic rings. The Morgan fingerprint density at radius 3 is 2.38 bits per heavy atom. The maximum absolute atomic E-state index is 15.4. The van der Waals surface area contributed by atoms with E-state index in [9.17, 15) is 14.4 Å². The number of primary amides is 1. The number of ketones is 1. The molecule has 0 aliphatic heterocycles. The van der Waals surface area contributed by atoms with Gasteiger partial charge in [0.25, 0.3) is 0 Å². The molecule has 0 heterocycles. The Morgan fingerprint density at radius 2 is 1.75 bits per heavy atom. The summed E-state index contributed by atoms with van der Waals surface area (Å²) < 4.78 is 21.2. The van der Waals surface area contributed by atoms with Crippen LogP contribution in [-0.4, -0.2) is 23.3 Å². The van der Waals surface area contributed by atoms with E-state index in [1.807, 2.05) is 65.0 Å². The maximum Gasteiger partial charge on any atom is 0.313 e. The Hall–Kier alpha value is -3.02. The molecule has 5 atom stereocenters. The van der Waals surface area contributed by atoms with E-state index in [1.54, 1.807) is 0 Å². The molecule has 2 aromatic carbocycles. The first kappa shape index (κ1) is 30.0. The summed E-state index contributed by atoms with van der Waals surface area (Å²) in [6.07, 6.45) is 4.77. The number of rotatable bonds is 7. The number of carbonyl (C=O) groups excluding carboxylic acids is 3. The number of esters is 1. The van der Waals surface area contributed by atoms with E-state index in [4.69, 9.17) is 10.5 Å². The average Bonchev–Trinajstić information content (AvgIpc) is 3.12. The van der Waals surface area contributed by atoms with Gasteiger partial charge in [0, 0.05) is 12.3 Å². The third-order valence-electron chi connectivity index (χ3n) is 9.18. The predicted octanol–water partition coefficient (Wildman–Crippen LogP) is 6.90. The maximum atomic E-state index is 15.4. The van der Waals surface area contributed by atoms with E-state index in [0.29, 0.717) is 43.2 Å². The zero-order valence-corrected chi connectivity index (χ0v) is 24.6. The summed E-state index contributed by atoms with van der Waals surface area (Å²) in [6, 6.07) is 13.0. The lowest BCUT2D eigenvalue weighted by atomic mass is 9.60. The van der Waals surface area contributed by atoms with Gasteiger partial charge in [-0.2, -0.15) is 0 Å². The van der Waals surface area contributed by atoms with Crippen LogP contribution in [0, 0.1) is 17.7 Å². The van der Waals surface area contributed by atoms with Crippen molar-refractivity contribution in [3.05, 3.63) is 70.5 Å². The fourth-order valence-electron chi connectivity index (χ4n) is 7.19. The summed E-state index contributed by atoms with van der Waals surface area (Å²) in [5.74, 6) is -2.02. The van der Waals surface area contributed by atoms with Gasteiger partial charge in [0.1, 0.15) is 17.2 Å². The summed E-state index contributed by atoms with van der Waals surface area (Å²) in [5.41, 5.74) is 7.66. The lowest BCUT2D eigenvalue weighted by Crippen LogP contribution is -2.44. The highest BCUT2D eigenvalue weighted by Crippen LogP contribution is 2.50. The highest BCUT2D eigenvalue weighted by atomic mass is 19.1. The molecule has 0 bridgehead atoms. The van der Waals surface area contributed by atoms with Gasteiger partial charge in [0.15, 0.2) is 0 Å². The molecule has 216 valence electrons. The van der Waals surface area contributed by atoms with Crippen LogP contribution in [0.25, 0.3) is 0 Å². The molecule has 0 spiro atoms. The van der Waals surface area contributed by atoms with Crippen molar-refractivity contribution in [3.63, 3.8) is 0 Å². The number of benzene rings is 2. The van der Waals surface area contributed by atoms with Crippen LogP contribution in [0.1, 0.15) is 114 Å². The zero-order chi connectivity index (χ0) is 29.2. The van der Waals surface area contributed by atoms with Crippen LogP contribution in [0.3, 0.4) is 0 Å². The van der Waals surface area contributed by atoms with Gasteiger partial charge in [0.2, 0.25) is 5.91 Å². The fraction of sp³-hybridized carbons (Fsp3) is 0.559. The van der Waals surface area contributed by atoms with E-state index in [1.165, 1.54) is 12.1 Å². The molecule has 1 fully saturated rings. The molecule has 2 unspecified atom stereocenters. The fourth-order valence-corrected chi connectivity index (χ4v) is 7.19. The first-order chi connectivity index (χ1) is 18.9. The van der Waals surface area contributed by atoms with E-state index < -0.39 is 22.8 Å². The smallest absolute Gasteiger partial charge is 0.313 e. The largest absolute Gasteiger partial charge is 0.459 e. The normalized spacial score (nSPS) is 25.9. The lowest BCUT2D eigenvalue weighted by molar-refractivity contribution is -0.157. The molecule has 2 aromatic rings. The molecule has 0 saturated heterocycles. The second kappa shape index (κ2) is 11.8. The molecular weight excluding hydrogens is 505 g/mol. The van der Waals surface area contributed by atoms with Crippen molar-refractivity contribution in [3.8, 4) is 0 Å². The molecule has 0 radical (unpaired) electrons. The van der Waals surface area contributed by atoms with Gasteiger partial charge in [-0.1, -0.05) is 43.7 Å². The van der Waals surface area contributed by atoms with E-state index in [2.05, 4.69) is 0 Å². The van der Waals surface area contributed by atoms with Crippen LogP contribution in [-0.2, 0) is 31.0 Å². The number of fused-ring (bicyclic) bond motifs is 1. The number of nitrogens with two attached hydrogens (primary N) is 1. The van der Waals surface area contributed by atoms with E-state index in [-0.39, 0.29) is 35.4 Å². The van der Waals surface area contributed by atoms with Crippen molar-refractivity contribution in [2.45, 2.75) is 109 Å². The Morgan fingerprint density at radius 1 is 1.07 bits per heavy atom. The number of ether oxygens (including phenoxy) is 1. The highest BCUT2D eigenvalue weighted by molar-refractivity contribution is 5.93. The third-order valence-corrected chi connectivity index (χ3v) is 9.18. The van der Waals surface area contributed by atoms with Crippen molar-refractivity contribution < 1.29 is 23.5 Å². The topological polar surface area (TPSA) is 86.5 Å². The van der Waals surface area contributed by atoms with Gasteiger partial charge >= 0.3 is 5.97 Å². The van der Waals surface area contributed by atoms with Crippen molar-refractivity contribution in [1.29, 1.82) is 0 Å². The Bertz CT molecular complexity index is 1250. The van der Waals surface area contributed by atoms with Crippen LogP contribution >= 0.6 is 0 Å². The Kier molecular flexibility index (Phi) is 8.86. The van der Waals surface area contributed by atoms with E-state index >= 15 is 4.39 Å². The van der Waals surface area contributed by atoms with Crippen LogP contribution in [0.2, 0.25) is 0 Å². The minimum Gasteiger partial charge on any atom is -0.459 e. The molecule has 6 heteroatoms. The monoisotopic (exact) mass is 549 g/mol. The van der Waals surface area contributed by atoms with E-state index in [0.717, 1.165) is 30.4 Å². The summed E-state index contributed by atoms with van der Waals surface area (Å²) in [5, 5.41) is 0. The minimum absolute atomic E-state index is 0.0189. The minimum atomic E-state index is -0.914. The molecule has 2 aliphatic carbocycles. The number of amides is 1. The standard InChI is InChI=1S/C34H44FNO4/c1-6-10-27(32(39)40-33(2,3)4)28-19-23(35)20-29-25(28)17-18-30(37)34(29,5)22-13-15-24(21-11-8-7-9-12-21)26(16-14-22)31(36)38/h7-9,11-12,19-20,22,24,26-27H,6,10,13-18H2,1-5H3,(H2,36,38)/t22?,24-,26-,27?,34-/m0/s1. The van der Waals surface area contributed by atoms with Crippen LogP contribution in [0.4, 0.5) is 4.39 Å². The number of carbonyl (C=O) groups is 3. The molecule has 2 N–H and O–H groups in total.